The van der Waals surface area contributed by atoms with Crippen molar-refractivity contribution < 1.29 is 23.5 Å². The summed E-state index contributed by atoms with van der Waals surface area (Å²) in [6, 6.07) is 12.6. The van der Waals surface area contributed by atoms with Gasteiger partial charge in [-0.25, -0.2) is 9.18 Å². The van der Waals surface area contributed by atoms with Crippen molar-refractivity contribution in [3.05, 3.63) is 65.5 Å². The van der Waals surface area contributed by atoms with E-state index in [0.29, 0.717) is 16.8 Å². The summed E-state index contributed by atoms with van der Waals surface area (Å²) in [6.45, 7) is -0.130. The first-order valence-corrected chi connectivity index (χ1v) is 9.70. The molecule has 0 aromatic heterocycles. The Morgan fingerprint density at radius 3 is 2.69 bits per heavy atom. The number of para-hydroxylation sites is 1. The number of hydrogen-bond donors (Lipinski definition) is 0. The Kier molecular flexibility index (Phi) is 3.94. The fourth-order valence-corrected chi connectivity index (χ4v) is 4.40. The molecule has 0 bridgehead atoms. The fourth-order valence-electron chi connectivity index (χ4n) is 4.40. The van der Waals surface area contributed by atoms with Crippen LogP contribution in [0.3, 0.4) is 0 Å². The summed E-state index contributed by atoms with van der Waals surface area (Å²) in [5, 5.41) is 0. The van der Waals surface area contributed by atoms with Gasteiger partial charge in [0.2, 0.25) is 11.6 Å². The molecule has 1 aliphatic carbocycles. The maximum absolute atomic E-state index is 13.5. The average Bonchev–Trinajstić information content (AvgIpc) is 3.49. The van der Waals surface area contributed by atoms with Crippen molar-refractivity contribution >= 4 is 23.5 Å². The van der Waals surface area contributed by atoms with Crippen LogP contribution in [0.5, 0.6) is 0 Å². The predicted molar refractivity (Wildman–Crippen MR) is 101 cm³/mol. The Labute approximate surface area is 166 Å². The third-order valence-electron chi connectivity index (χ3n) is 5.80. The van der Waals surface area contributed by atoms with Crippen LogP contribution < -0.4 is 4.90 Å². The molecular formula is C22H19FN2O4. The SMILES string of the molecule is O=C1CC[C@]2(C(=O)OCc3cccc(F)c3)N1c1ccccc1C(=O)N2C1CC1. The summed E-state index contributed by atoms with van der Waals surface area (Å²) >= 11 is 0. The van der Waals surface area contributed by atoms with Crippen LogP contribution in [-0.2, 0) is 20.9 Å². The molecule has 1 saturated carbocycles. The van der Waals surface area contributed by atoms with Gasteiger partial charge in [0.05, 0.1) is 11.3 Å². The van der Waals surface area contributed by atoms with E-state index in [1.807, 2.05) is 0 Å². The number of benzene rings is 2. The number of halogens is 1. The minimum Gasteiger partial charge on any atom is -0.458 e. The van der Waals surface area contributed by atoms with Crippen LogP contribution in [0.15, 0.2) is 48.5 Å². The Balaban J connectivity index is 1.55. The van der Waals surface area contributed by atoms with Crippen LogP contribution in [-0.4, -0.2) is 34.4 Å². The van der Waals surface area contributed by atoms with Crippen molar-refractivity contribution in [1.82, 2.24) is 4.90 Å². The summed E-state index contributed by atoms with van der Waals surface area (Å²) < 4.78 is 19.0. The summed E-state index contributed by atoms with van der Waals surface area (Å²) in [6.07, 6.45) is 1.91. The van der Waals surface area contributed by atoms with Gasteiger partial charge in [0.15, 0.2) is 0 Å². The lowest BCUT2D eigenvalue weighted by atomic mass is 9.96. The molecule has 0 radical (unpaired) electrons. The zero-order valence-electron chi connectivity index (χ0n) is 15.6. The number of anilines is 1. The first-order valence-electron chi connectivity index (χ1n) is 9.70. The monoisotopic (exact) mass is 394 g/mol. The fraction of sp³-hybridized carbons (Fsp3) is 0.318. The molecule has 5 rings (SSSR count). The van der Waals surface area contributed by atoms with Gasteiger partial charge in [0.25, 0.3) is 5.91 Å². The first kappa shape index (κ1) is 17.8. The maximum atomic E-state index is 13.5. The Bertz CT molecular complexity index is 1030. The number of carbonyl (C=O) groups is 3. The van der Waals surface area contributed by atoms with Crippen LogP contribution in [0.2, 0.25) is 0 Å². The minimum absolute atomic E-state index is 0.0917. The molecule has 7 heteroatoms. The summed E-state index contributed by atoms with van der Waals surface area (Å²) in [5.74, 6) is -1.53. The number of carbonyl (C=O) groups excluding carboxylic acids is 3. The highest BCUT2D eigenvalue weighted by Gasteiger charge is 2.64. The van der Waals surface area contributed by atoms with E-state index in [4.69, 9.17) is 4.74 Å². The maximum Gasteiger partial charge on any atom is 0.354 e. The van der Waals surface area contributed by atoms with Gasteiger partial charge in [-0.3, -0.25) is 14.5 Å². The number of amides is 2. The molecule has 3 aliphatic rings. The van der Waals surface area contributed by atoms with Crippen molar-refractivity contribution in [3.8, 4) is 0 Å². The molecular weight excluding hydrogens is 375 g/mol. The van der Waals surface area contributed by atoms with E-state index < -0.39 is 17.4 Å². The molecule has 2 heterocycles. The standard InChI is InChI=1S/C22H19FN2O4/c23-15-5-3-4-14(12-15)13-29-21(28)22-11-10-19(26)25(22)18-7-2-1-6-17(18)20(27)24(22)16-8-9-16/h1-7,12,16H,8-11,13H2/t22-/m1/s1. The molecule has 1 saturated heterocycles. The Morgan fingerprint density at radius 1 is 1.14 bits per heavy atom. The lowest BCUT2D eigenvalue weighted by molar-refractivity contribution is -0.159. The largest absolute Gasteiger partial charge is 0.458 e. The molecule has 1 atom stereocenters. The normalized spacial score (nSPS) is 23.1. The Hall–Kier alpha value is -3.22. The smallest absolute Gasteiger partial charge is 0.354 e. The first-order chi connectivity index (χ1) is 14.0. The Morgan fingerprint density at radius 2 is 1.93 bits per heavy atom. The van der Waals surface area contributed by atoms with E-state index in [1.165, 1.54) is 17.0 Å². The predicted octanol–water partition coefficient (Wildman–Crippen LogP) is 3.01. The third kappa shape index (κ3) is 2.64. The second kappa shape index (κ2) is 6.40. The highest BCUT2D eigenvalue weighted by molar-refractivity contribution is 6.15. The van der Waals surface area contributed by atoms with Crippen molar-refractivity contribution in [3.63, 3.8) is 0 Å². The number of ether oxygens (including phenoxy) is 1. The van der Waals surface area contributed by atoms with E-state index >= 15 is 0 Å². The molecule has 2 fully saturated rings. The second-order valence-corrected chi connectivity index (χ2v) is 7.68. The lowest BCUT2D eigenvalue weighted by Crippen LogP contribution is -2.69. The minimum atomic E-state index is -1.48. The highest BCUT2D eigenvalue weighted by Crippen LogP contribution is 2.49. The quantitative estimate of drug-likeness (QED) is 0.748. The van der Waals surface area contributed by atoms with Gasteiger partial charge in [-0.2, -0.15) is 0 Å². The van der Waals surface area contributed by atoms with Gasteiger partial charge < -0.3 is 9.64 Å². The summed E-state index contributed by atoms with van der Waals surface area (Å²) in [4.78, 5) is 42.5. The third-order valence-corrected chi connectivity index (χ3v) is 5.80. The van der Waals surface area contributed by atoms with Crippen LogP contribution in [0.1, 0.15) is 41.6 Å². The van der Waals surface area contributed by atoms with Crippen molar-refractivity contribution in [1.29, 1.82) is 0 Å². The topological polar surface area (TPSA) is 66.9 Å². The van der Waals surface area contributed by atoms with Crippen molar-refractivity contribution in [2.24, 2.45) is 0 Å². The number of esters is 1. The molecule has 2 aromatic rings. The van der Waals surface area contributed by atoms with Gasteiger partial charge in [0.1, 0.15) is 12.4 Å². The number of fused-ring (bicyclic) bond motifs is 3. The molecule has 29 heavy (non-hydrogen) atoms. The average molecular weight is 394 g/mol. The zero-order chi connectivity index (χ0) is 20.2. The second-order valence-electron chi connectivity index (χ2n) is 7.68. The summed E-state index contributed by atoms with van der Waals surface area (Å²) in [7, 11) is 0. The van der Waals surface area contributed by atoms with Crippen molar-refractivity contribution in [2.75, 3.05) is 4.90 Å². The van der Waals surface area contributed by atoms with Crippen molar-refractivity contribution in [2.45, 2.75) is 44.0 Å². The van der Waals surface area contributed by atoms with E-state index in [2.05, 4.69) is 0 Å². The molecule has 2 aliphatic heterocycles. The molecule has 2 amide bonds. The number of nitrogens with zero attached hydrogens (tertiary/aromatic N) is 2. The van der Waals surface area contributed by atoms with Gasteiger partial charge in [-0.05, 0) is 42.7 Å². The summed E-state index contributed by atoms with van der Waals surface area (Å²) in [5.41, 5.74) is -0.106. The molecule has 0 unspecified atom stereocenters. The number of hydrogen-bond acceptors (Lipinski definition) is 4. The lowest BCUT2D eigenvalue weighted by Gasteiger charge is -2.48. The van der Waals surface area contributed by atoms with Crippen LogP contribution in [0.25, 0.3) is 0 Å². The van der Waals surface area contributed by atoms with E-state index in [0.717, 1.165) is 12.8 Å². The van der Waals surface area contributed by atoms with E-state index in [9.17, 15) is 18.8 Å². The highest BCUT2D eigenvalue weighted by atomic mass is 19.1. The van der Waals surface area contributed by atoms with E-state index in [1.54, 1.807) is 41.3 Å². The van der Waals surface area contributed by atoms with E-state index in [-0.39, 0.29) is 37.3 Å². The molecule has 148 valence electrons. The zero-order valence-corrected chi connectivity index (χ0v) is 15.6. The molecule has 0 spiro atoms. The van der Waals surface area contributed by atoms with Gasteiger partial charge >= 0.3 is 5.97 Å². The molecule has 6 nitrogen and oxygen atoms in total. The molecule has 2 aromatic carbocycles. The van der Waals surface area contributed by atoms with Crippen LogP contribution in [0, 0.1) is 5.82 Å². The van der Waals surface area contributed by atoms with Crippen LogP contribution in [0.4, 0.5) is 10.1 Å². The van der Waals surface area contributed by atoms with Gasteiger partial charge in [0, 0.05) is 18.9 Å². The molecule has 0 N–H and O–H groups in total. The van der Waals surface area contributed by atoms with Crippen LogP contribution >= 0.6 is 0 Å². The van der Waals surface area contributed by atoms with Gasteiger partial charge in [-0.15, -0.1) is 0 Å². The van der Waals surface area contributed by atoms with Gasteiger partial charge in [-0.1, -0.05) is 24.3 Å². The number of rotatable bonds is 4.